The van der Waals surface area contributed by atoms with Gasteiger partial charge in [-0.25, -0.2) is 0 Å². The van der Waals surface area contributed by atoms with Crippen LogP contribution in [0.4, 0.5) is 5.69 Å². The van der Waals surface area contributed by atoms with E-state index in [1.165, 1.54) is 0 Å². The summed E-state index contributed by atoms with van der Waals surface area (Å²) in [7, 11) is 1.56. The summed E-state index contributed by atoms with van der Waals surface area (Å²) < 4.78 is 10.7. The van der Waals surface area contributed by atoms with E-state index in [2.05, 4.69) is 10.6 Å². The number of carbonyl (C=O) groups excluding carboxylic acids is 2. The largest absolute Gasteiger partial charge is 0.481 e. The van der Waals surface area contributed by atoms with Crippen LogP contribution in [0.15, 0.2) is 48.5 Å². The van der Waals surface area contributed by atoms with Crippen LogP contribution in [0.25, 0.3) is 0 Å². The number of hydrogen-bond acceptors (Lipinski definition) is 4. The third kappa shape index (κ3) is 6.27. The van der Waals surface area contributed by atoms with Crippen LogP contribution in [0.1, 0.15) is 23.7 Å². The number of ether oxygens (including phenoxy) is 2. The highest BCUT2D eigenvalue weighted by Crippen LogP contribution is 2.20. The van der Waals surface area contributed by atoms with Crippen molar-refractivity contribution in [2.75, 3.05) is 25.6 Å². The lowest BCUT2D eigenvalue weighted by atomic mass is 10.1. The second-order valence-electron chi connectivity index (χ2n) is 5.75. The van der Waals surface area contributed by atoms with Gasteiger partial charge in [0.15, 0.2) is 6.10 Å². The van der Waals surface area contributed by atoms with Crippen molar-refractivity contribution in [3.05, 3.63) is 59.1 Å². The molecule has 0 saturated carbocycles. The molecule has 0 saturated heterocycles. The van der Waals surface area contributed by atoms with Crippen LogP contribution in [0.2, 0.25) is 5.02 Å². The quantitative estimate of drug-likeness (QED) is 0.642. The minimum Gasteiger partial charge on any atom is -0.481 e. The Morgan fingerprint density at radius 1 is 1.11 bits per heavy atom. The van der Waals surface area contributed by atoms with Gasteiger partial charge in [0.05, 0.1) is 17.9 Å². The van der Waals surface area contributed by atoms with Gasteiger partial charge in [0, 0.05) is 18.7 Å². The lowest BCUT2D eigenvalue weighted by Crippen LogP contribution is -2.34. The Morgan fingerprint density at radius 2 is 1.81 bits per heavy atom. The predicted octanol–water partition coefficient (Wildman–Crippen LogP) is 3.51. The van der Waals surface area contributed by atoms with E-state index in [0.29, 0.717) is 41.6 Å². The molecule has 0 fully saturated rings. The molecule has 2 N–H and O–H groups in total. The van der Waals surface area contributed by atoms with Crippen LogP contribution in [-0.4, -0.2) is 38.2 Å². The van der Waals surface area contributed by atoms with Crippen molar-refractivity contribution in [3.63, 3.8) is 0 Å². The van der Waals surface area contributed by atoms with E-state index < -0.39 is 6.10 Å². The van der Waals surface area contributed by atoms with Crippen LogP contribution in [0.5, 0.6) is 5.75 Å². The van der Waals surface area contributed by atoms with Gasteiger partial charge in [0.1, 0.15) is 5.75 Å². The number of methoxy groups -OCH3 is 1. The zero-order valence-corrected chi connectivity index (χ0v) is 16.1. The third-order valence-electron chi connectivity index (χ3n) is 3.78. The Bertz CT molecular complexity index is 765. The fourth-order valence-electron chi connectivity index (χ4n) is 2.36. The maximum atomic E-state index is 12.6. The fraction of sp³-hybridized carbons (Fsp3) is 0.300. The lowest BCUT2D eigenvalue weighted by Gasteiger charge is -2.18. The number of nitrogens with one attached hydrogen (secondary N) is 2. The lowest BCUT2D eigenvalue weighted by molar-refractivity contribution is -0.122. The van der Waals surface area contributed by atoms with Gasteiger partial charge in [0.2, 0.25) is 0 Å². The van der Waals surface area contributed by atoms with Crippen LogP contribution in [0, 0.1) is 0 Å². The Morgan fingerprint density at radius 3 is 2.48 bits per heavy atom. The van der Waals surface area contributed by atoms with Crippen molar-refractivity contribution in [1.29, 1.82) is 0 Å². The molecule has 2 amide bonds. The maximum Gasteiger partial charge on any atom is 0.265 e. The summed E-state index contributed by atoms with van der Waals surface area (Å²) in [6, 6.07) is 13.6. The summed E-state index contributed by atoms with van der Waals surface area (Å²) in [5.74, 6) is -0.0637. The summed E-state index contributed by atoms with van der Waals surface area (Å²) in [5.41, 5.74) is 0.805. The first-order valence-electron chi connectivity index (χ1n) is 8.64. The summed E-state index contributed by atoms with van der Waals surface area (Å²) in [6.07, 6.45) is -0.229. The maximum absolute atomic E-state index is 12.6. The molecule has 0 aliphatic carbocycles. The highest BCUT2D eigenvalue weighted by Gasteiger charge is 2.21. The molecule has 0 radical (unpaired) electrons. The molecule has 0 unspecified atom stereocenters. The van der Waals surface area contributed by atoms with Gasteiger partial charge in [-0.2, -0.15) is 0 Å². The second-order valence-corrected chi connectivity index (χ2v) is 6.19. The van der Waals surface area contributed by atoms with Crippen molar-refractivity contribution in [1.82, 2.24) is 5.32 Å². The Balaban J connectivity index is 2.07. The minimum absolute atomic E-state index is 0.283. The topological polar surface area (TPSA) is 76.7 Å². The number of anilines is 1. The number of amides is 2. The minimum atomic E-state index is -0.698. The van der Waals surface area contributed by atoms with E-state index in [4.69, 9.17) is 21.1 Å². The standard InChI is InChI=1S/C20H23ClN2O4/c1-3-18(27-15-10-8-14(21)9-11-15)20(25)23-17-7-5-4-6-16(17)19(24)22-12-13-26-2/h4-11,18H,3,12-13H2,1-2H3,(H,22,24)(H,23,25)/t18-/m0/s1. The zero-order chi connectivity index (χ0) is 19.6. The van der Waals surface area contributed by atoms with E-state index in [9.17, 15) is 9.59 Å². The van der Waals surface area contributed by atoms with Crippen molar-refractivity contribution < 1.29 is 19.1 Å². The summed E-state index contributed by atoms with van der Waals surface area (Å²) >= 11 is 5.86. The fourth-order valence-corrected chi connectivity index (χ4v) is 2.49. The number of rotatable bonds is 9. The van der Waals surface area contributed by atoms with Gasteiger partial charge < -0.3 is 20.1 Å². The smallest absolute Gasteiger partial charge is 0.265 e. The van der Waals surface area contributed by atoms with Gasteiger partial charge >= 0.3 is 0 Å². The molecule has 144 valence electrons. The van der Waals surface area contributed by atoms with Crippen LogP contribution >= 0.6 is 11.6 Å². The van der Waals surface area contributed by atoms with E-state index in [1.54, 1.807) is 55.6 Å². The predicted molar refractivity (Wildman–Crippen MR) is 105 cm³/mol. The van der Waals surface area contributed by atoms with Gasteiger partial charge in [-0.3, -0.25) is 9.59 Å². The second kappa shape index (κ2) is 10.5. The third-order valence-corrected chi connectivity index (χ3v) is 4.03. The molecule has 0 aliphatic rings. The molecule has 6 nitrogen and oxygen atoms in total. The molecule has 0 aromatic heterocycles. The van der Waals surface area contributed by atoms with E-state index >= 15 is 0 Å². The first-order valence-corrected chi connectivity index (χ1v) is 9.02. The number of hydrogen-bond donors (Lipinski definition) is 2. The Kier molecular flexibility index (Phi) is 8.10. The van der Waals surface area contributed by atoms with Crippen molar-refractivity contribution >= 4 is 29.1 Å². The molecule has 0 aliphatic heterocycles. The molecular formula is C20H23ClN2O4. The molecule has 0 spiro atoms. The molecule has 2 rings (SSSR count). The van der Waals surface area contributed by atoms with Gasteiger partial charge in [0.25, 0.3) is 11.8 Å². The van der Waals surface area contributed by atoms with Gasteiger partial charge in [-0.05, 0) is 42.8 Å². The molecule has 7 heteroatoms. The number of para-hydroxylation sites is 1. The average Bonchev–Trinajstić information content (AvgIpc) is 2.68. The molecule has 0 bridgehead atoms. The first kappa shape index (κ1) is 20.7. The summed E-state index contributed by atoms with van der Waals surface area (Å²) in [4.78, 5) is 25.0. The molecule has 27 heavy (non-hydrogen) atoms. The summed E-state index contributed by atoms with van der Waals surface area (Å²) in [6.45, 7) is 2.64. The number of carbonyl (C=O) groups is 2. The van der Waals surface area contributed by atoms with Crippen molar-refractivity contribution in [2.24, 2.45) is 0 Å². The van der Waals surface area contributed by atoms with Gasteiger partial charge in [-0.1, -0.05) is 30.7 Å². The van der Waals surface area contributed by atoms with Crippen LogP contribution in [-0.2, 0) is 9.53 Å². The van der Waals surface area contributed by atoms with Crippen LogP contribution in [0.3, 0.4) is 0 Å². The van der Waals surface area contributed by atoms with Crippen molar-refractivity contribution in [2.45, 2.75) is 19.4 Å². The summed E-state index contributed by atoms with van der Waals surface area (Å²) in [5, 5.41) is 6.12. The SMILES string of the molecule is CC[C@H](Oc1ccc(Cl)cc1)C(=O)Nc1ccccc1C(=O)NCCOC. The number of benzene rings is 2. The average molecular weight is 391 g/mol. The van der Waals surface area contributed by atoms with Crippen LogP contribution < -0.4 is 15.4 Å². The molecular weight excluding hydrogens is 368 g/mol. The zero-order valence-electron chi connectivity index (χ0n) is 15.3. The monoisotopic (exact) mass is 390 g/mol. The Labute approximate surface area is 163 Å². The molecule has 1 atom stereocenters. The Hall–Kier alpha value is -2.57. The van der Waals surface area contributed by atoms with E-state index in [-0.39, 0.29) is 11.8 Å². The molecule has 2 aromatic rings. The normalized spacial score (nSPS) is 11.5. The van der Waals surface area contributed by atoms with E-state index in [0.717, 1.165) is 0 Å². The highest BCUT2D eigenvalue weighted by molar-refractivity contribution is 6.30. The van der Waals surface area contributed by atoms with Crippen molar-refractivity contribution in [3.8, 4) is 5.75 Å². The number of halogens is 1. The van der Waals surface area contributed by atoms with E-state index in [1.807, 2.05) is 6.92 Å². The molecule has 2 aromatic carbocycles. The van der Waals surface area contributed by atoms with Gasteiger partial charge in [-0.15, -0.1) is 0 Å². The molecule has 0 heterocycles. The highest BCUT2D eigenvalue weighted by atomic mass is 35.5. The first-order chi connectivity index (χ1) is 13.0.